The van der Waals surface area contributed by atoms with Gasteiger partial charge < -0.3 is 25.6 Å². The van der Waals surface area contributed by atoms with Crippen LogP contribution in [0.2, 0.25) is 5.02 Å². The van der Waals surface area contributed by atoms with Crippen molar-refractivity contribution in [3.63, 3.8) is 0 Å². The smallest absolute Gasteiger partial charge is 0.303 e. The zero-order chi connectivity index (χ0) is 24.1. The molecular formula is C25H29ClFN3O3. The third kappa shape index (κ3) is 5.04. The molecule has 0 radical (unpaired) electrons. The van der Waals surface area contributed by atoms with E-state index in [4.69, 9.17) is 27.5 Å². The largest absolute Gasteiger partial charge is 0.481 e. The summed E-state index contributed by atoms with van der Waals surface area (Å²) in [6.07, 6.45) is 3.08. The third-order valence-electron chi connectivity index (χ3n) is 5.83. The van der Waals surface area contributed by atoms with Crippen molar-refractivity contribution in [3.8, 4) is 5.69 Å². The van der Waals surface area contributed by atoms with Crippen LogP contribution >= 0.6 is 11.6 Å². The second kappa shape index (κ2) is 10.8. The van der Waals surface area contributed by atoms with Crippen molar-refractivity contribution in [2.24, 2.45) is 0 Å². The van der Waals surface area contributed by atoms with E-state index in [0.29, 0.717) is 36.6 Å². The van der Waals surface area contributed by atoms with Crippen LogP contribution in [0.25, 0.3) is 16.6 Å². The summed E-state index contributed by atoms with van der Waals surface area (Å²) in [7, 11) is 0. The number of benzene rings is 2. The average molecular weight is 474 g/mol. The topological polar surface area (TPSA) is 101 Å². The summed E-state index contributed by atoms with van der Waals surface area (Å²) in [6, 6.07) is 8.17. The molecule has 1 fully saturated rings. The Morgan fingerprint density at radius 3 is 2.61 bits per heavy atom. The second-order valence-corrected chi connectivity index (χ2v) is 8.13. The Labute approximate surface area is 197 Å². The number of anilines is 1. The lowest BCUT2D eigenvalue weighted by Crippen LogP contribution is -2.18. The number of hydrogen-bond donors (Lipinski definition) is 3. The van der Waals surface area contributed by atoms with Gasteiger partial charge >= 0.3 is 5.97 Å². The highest BCUT2D eigenvalue weighted by molar-refractivity contribution is 6.30. The summed E-state index contributed by atoms with van der Waals surface area (Å²) in [4.78, 5) is 11.4. The molecule has 4 rings (SSSR count). The maximum Gasteiger partial charge on any atom is 0.303 e. The van der Waals surface area contributed by atoms with E-state index in [-0.39, 0.29) is 17.4 Å². The standard InChI is InChI=1S/C23H23ClFN3O3.C2H6/c24-18-10-15(1-3-19(18)25)28-21-9-14(12-26)20(27)11-17(21)16(2-4-22(29)30)23(28)13-5-7-31-8-6-13;1-2/h1,3,9-13,26H,2,4-8,27H2,(H,29,30);1-2H3. The Morgan fingerprint density at radius 1 is 1.30 bits per heavy atom. The van der Waals surface area contributed by atoms with Gasteiger partial charge in [-0.3, -0.25) is 4.79 Å². The number of aryl methyl sites for hydroxylation is 1. The van der Waals surface area contributed by atoms with Crippen molar-refractivity contribution in [2.45, 2.75) is 45.4 Å². The molecule has 0 unspecified atom stereocenters. The molecule has 0 saturated carbocycles. The van der Waals surface area contributed by atoms with Crippen LogP contribution in [0, 0.1) is 11.2 Å². The first-order chi connectivity index (χ1) is 15.9. The molecule has 0 aliphatic carbocycles. The van der Waals surface area contributed by atoms with Crippen LogP contribution in [0.1, 0.15) is 55.8 Å². The molecule has 0 amide bonds. The number of carboxylic acid groups (broad SMARTS) is 1. The van der Waals surface area contributed by atoms with Crippen LogP contribution in [0.4, 0.5) is 10.1 Å². The average Bonchev–Trinajstić information content (AvgIpc) is 3.13. The van der Waals surface area contributed by atoms with Crippen LogP contribution in [0.5, 0.6) is 0 Å². The van der Waals surface area contributed by atoms with Crippen molar-refractivity contribution in [1.29, 1.82) is 5.41 Å². The minimum absolute atomic E-state index is 0.00656. The number of fused-ring (bicyclic) bond motifs is 1. The van der Waals surface area contributed by atoms with Crippen LogP contribution in [0.15, 0.2) is 30.3 Å². The fourth-order valence-electron chi connectivity index (χ4n) is 4.37. The van der Waals surface area contributed by atoms with Crippen molar-refractivity contribution < 1.29 is 19.0 Å². The lowest BCUT2D eigenvalue weighted by molar-refractivity contribution is -0.136. The lowest BCUT2D eigenvalue weighted by atomic mass is 9.91. The Morgan fingerprint density at radius 2 is 2.00 bits per heavy atom. The van der Waals surface area contributed by atoms with E-state index in [1.165, 1.54) is 12.3 Å². The number of halogens is 2. The summed E-state index contributed by atoms with van der Waals surface area (Å²) in [5.41, 5.74) is 10.5. The Bertz CT molecular complexity index is 1170. The van der Waals surface area contributed by atoms with Crippen LogP contribution < -0.4 is 5.73 Å². The minimum Gasteiger partial charge on any atom is -0.481 e. The molecule has 4 N–H and O–H groups in total. The van der Waals surface area contributed by atoms with E-state index in [2.05, 4.69) is 0 Å². The van der Waals surface area contributed by atoms with Gasteiger partial charge in [0, 0.05) is 59.8 Å². The highest BCUT2D eigenvalue weighted by Crippen LogP contribution is 2.40. The molecule has 6 nitrogen and oxygen atoms in total. The Kier molecular flexibility index (Phi) is 8.10. The van der Waals surface area contributed by atoms with Gasteiger partial charge in [0.05, 0.1) is 10.5 Å². The SMILES string of the molecule is CC.N=Cc1cc2c(cc1N)c(CCC(=O)O)c(C1CCOCC1)n2-c1ccc(F)c(Cl)c1. The summed E-state index contributed by atoms with van der Waals surface area (Å²) in [6.45, 7) is 5.23. The molecule has 2 aromatic carbocycles. The number of hydrogen-bond acceptors (Lipinski definition) is 4. The van der Waals surface area contributed by atoms with Gasteiger partial charge in [-0.1, -0.05) is 25.4 Å². The number of aliphatic carboxylic acids is 1. The quantitative estimate of drug-likeness (QED) is 0.304. The maximum atomic E-state index is 13.9. The Balaban J connectivity index is 0.00000149. The number of carboxylic acids is 1. The predicted molar refractivity (Wildman–Crippen MR) is 131 cm³/mol. The molecule has 0 spiro atoms. The van der Waals surface area contributed by atoms with Gasteiger partial charge in [-0.15, -0.1) is 0 Å². The molecule has 1 aliphatic rings. The summed E-state index contributed by atoms with van der Waals surface area (Å²) in [5.74, 6) is -1.25. The van der Waals surface area contributed by atoms with Crippen molar-refractivity contribution >= 4 is 40.4 Å². The fraction of sp³-hybridized carbons (Fsp3) is 0.360. The normalized spacial score (nSPS) is 14.1. The number of nitrogen functional groups attached to an aromatic ring is 1. The summed E-state index contributed by atoms with van der Waals surface area (Å²) < 4.78 is 21.5. The van der Waals surface area contributed by atoms with Gasteiger partial charge in [-0.2, -0.15) is 0 Å². The fourth-order valence-corrected chi connectivity index (χ4v) is 4.55. The van der Waals surface area contributed by atoms with Crippen LogP contribution in [-0.2, 0) is 16.0 Å². The molecular weight excluding hydrogens is 445 g/mol. The molecule has 0 atom stereocenters. The van der Waals surface area contributed by atoms with Crippen molar-refractivity contribution in [2.75, 3.05) is 18.9 Å². The zero-order valence-electron chi connectivity index (χ0n) is 18.8. The number of rotatable bonds is 6. The van der Waals surface area contributed by atoms with Crippen LogP contribution in [0.3, 0.4) is 0 Å². The van der Waals surface area contributed by atoms with Crippen molar-refractivity contribution in [1.82, 2.24) is 4.57 Å². The maximum absolute atomic E-state index is 13.9. The monoisotopic (exact) mass is 473 g/mol. The number of aromatic nitrogens is 1. The minimum atomic E-state index is -0.882. The summed E-state index contributed by atoms with van der Waals surface area (Å²) in [5, 5.41) is 17.9. The van der Waals surface area contributed by atoms with E-state index in [0.717, 1.165) is 35.0 Å². The molecule has 1 aromatic heterocycles. The van der Waals surface area contributed by atoms with Gasteiger partial charge in [0.2, 0.25) is 0 Å². The van der Waals surface area contributed by atoms with E-state index in [1.807, 2.05) is 24.5 Å². The number of nitrogens with two attached hydrogens (primary N) is 1. The molecule has 33 heavy (non-hydrogen) atoms. The van der Waals surface area contributed by atoms with E-state index in [9.17, 15) is 14.3 Å². The highest BCUT2D eigenvalue weighted by atomic mass is 35.5. The van der Waals surface area contributed by atoms with E-state index >= 15 is 0 Å². The van der Waals surface area contributed by atoms with Crippen molar-refractivity contribution in [3.05, 3.63) is 58.0 Å². The highest BCUT2D eigenvalue weighted by Gasteiger charge is 2.28. The lowest BCUT2D eigenvalue weighted by Gasteiger charge is -2.25. The van der Waals surface area contributed by atoms with Gasteiger partial charge in [0.15, 0.2) is 0 Å². The number of carbonyl (C=O) groups is 1. The Hall–Kier alpha value is -2.90. The third-order valence-corrected chi connectivity index (χ3v) is 6.12. The zero-order valence-corrected chi connectivity index (χ0v) is 19.6. The molecule has 3 aromatic rings. The second-order valence-electron chi connectivity index (χ2n) is 7.72. The first-order valence-electron chi connectivity index (χ1n) is 11.1. The first-order valence-corrected chi connectivity index (χ1v) is 11.5. The van der Waals surface area contributed by atoms with E-state index in [1.54, 1.807) is 18.2 Å². The molecule has 2 heterocycles. The van der Waals surface area contributed by atoms with Gasteiger partial charge in [-0.25, -0.2) is 4.39 Å². The number of nitrogens with zero attached hydrogens (tertiary/aromatic N) is 1. The van der Waals surface area contributed by atoms with Crippen LogP contribution in [-0.4, -0.2) is 35.1 Å². The predicted octanol–water partition coefficient (Wildman–Crippen LogP) is 5.94. The van der Waals surface area contributed by atoms with Gasteiger partial charge in [-0.05, 0) is 55.2 Å². The molecule has 0 bridgehead atoms. The number of ether oxygens (including phenoxy) is 1. The molecule has 1 aliphatic heterocycles. The molecule has 1 saturated heterocycles. The summed E-state index contributed by atoms with van der Waals surface area (Å²) >= 11 is 6.10. The van der Waals surface area contributed by atoms with Gasteiger partial charge in [0.25, 0.3) is 0 Å². The van der Waals surface area contributed by atoms with E-state index < -0.39 is 11.8 Å². The first kappa shape index (κ1) is 24.7. The molecule has 176 valence electrons. The number of nitrogens with one attached hydrogen (secondary N) is 1. The molecule has 8 heteroatoms. The van der Waals surface area contributed by atoms with Gasteiger partial charge in [0.1, 0.15) is 5.82 Å².